The predicted molar refractivity (Wildman–Crippen MR) is 70.0 cm³/mol. The molecule has 0 aliphatic carbocycles. The maximum atomic E-state index is 8.84. The first-order valence-corrected chi connectivity index (χ1v) is 7.17. The zero-order valence-corrected chi connectivity index (χ0v) is 10.6. The fraction of sp³-hybridized carbons (Fsp3) is 0.833. The first-order valence-electron chi connectivity index (χ1n) is 6.19. The molecule has 15 heavy (non-hydrogen) atoms. The highest BCUT2D eigenvalue weighted by Gasteiger charge is 2.15. The Hall–Kier alpha value is 0.115. The first-order chi connectivity index (χ1) is 7.36. The van der Waals surface area contributed by atoms with Crippen LogP contribution in [-0.2, 0) is 0 Å². The minimum atomic E-state index is 0.708. The Morgan fingerprint density at radius 2 is 2.07 bits per heavy atom. The summed E-state index contributed by atoms with van der Waals surface area (Å²) in [6, 6.07) is 0. The molecule has 1 heterocycles. The van der Waals surface area contributed by atoms with E-state index in [-0.39, 0.29) is 0 Å². The van der Waals surface area contributed by atoms with Crippen LogP contribution in [0, 0.1) is 5.92 Å². The standard InChI is InChI=1S/C12H22BOS/c1-2-3-4-5-6-7-8-11-9-12(13-14)15-10-11/h9,11,14H,2-8,10H2,1H3. The van der Waals surface area contributed by atoms with Gasteiger partial charge < -0.3 is 5.02 Å². The average Bonchev–Trinajstić information content (AvgIpc) is 2.71. The summed E-state index contributed by atoms with van der Waals surface area (Å²) in [6.07, 6.45) is 11.8. The Balaban J connectivity index is 1.94. The molecule has 0 aromatic heterocycles. The molecule has 3 heteroatoms. The normalized spacial score (nSPS) is 20.4. The van der Waals surface area contributed by atoms with Crippen molar-refractivity contribution in [2.24, 2.45) is 5.92 Å². The fourth-order valence-electron chi connectivity index (χ4n) is 1.97. The number of hydrogen-bond donors (Lipinski definition) is 1. The van der Waals surface area contributed by atoms with E-state index in [1.165, 1.54) is 58.2 Å². The number of hydrogen-bond acceptors (Lipinski definition) is 2. The molecule has 1 nitrogen and oxygen atoms in total. The SMILES string of the molecule is CCCCCCCCC1C=C([B]O)SC1. The van der Waals surface area contributed by atoms with Gasteiger partial charge in [-0.1, -0.05) is 51.5 Å². The molecule has 0 saturated heterocycles. The molecule has 0 bridgehead atoms. The molecule has 0 aromatic carbocycles. The molecule has 0 aromatic rings. The molecule has 1 aliphatic rings. The minimum absolute atomic E-state index is 0.708. The van der Waals surface area contributed by atoms with E-state index < -0.39 is 0 Å². The van der Waals surface area contributed by atoms with Crippen molar-refractivity contribution in [2.45, 2.75) is 51.9 Å². The van der Waals surface area contributed by atoms with Crippen molar-refractivity contribution in [3.05, 3.63) is 10.9 Å². The zero-order chi connectivity index (χ0) is 10.9. The van der Waals surface area contributed by atoms with Gasteiger partial charge in [0.05, 0.1) is 0 Å². The molecular formula is C12H22BOS. The topological polar surface area (TPSA) is 20.2 Å². The molecule has 1 rings (SSSR count). The van der Waals surface area contributed by atoms with Gasteiger partial charge in [0.25, 0.3) is 0 Å². The summed E-state index contributed by atoms with van der Waals surface area (Å²) in [7, 11) is 1.24. The van der Waals surface area contributed by atoms with Crippen LogP contribution in [0.4, 0.5) is 0 Å². The van der Waals surface area contributed by atoms with Crippen LogP contribution in [0.5, 0.6) is 0 Å². The second-order valence-corrected chi connectivity index (χ2v) is 5.42. The number of rotatable bonds is 8. The van der Waals surface area contributed by atoms with Gasteiger partial charge in [0.1, 0.15) is 0 Å². The third kappa shape index (κ3) is 5.67. The van der Waals surface area contributed by atoms with E-state index in [0.29, 0.717) is 5.92 Å². The van der Waals surface area contributed by atoms with Gasteiger partial charge >= 0.3 is 7.48 Å². The molecule has 1 aliphatic heterocycles. The van der Waals surface area contributed by atoms with Crippen LogP contribution in [0.25, 0.3) is 0 Å². The van der Waals surface area contributed by atoms with Crippen LogP contribution < -0.4 is 0 Å². The van der Waals surface area contributed by atoms with Gasteiger partial charge in [-0.15, -0.1) is 11.8 Å². The number of unbranched alkanes of at least 4 members (excludes halogenated alkanes) is 5. The maximum absolute atomic E-state index is 8.84. The summed E-state index contributed by atoms with van der Waals surface area (Å²) in [5, 5.41) is 8.84. The molecule has 1 atom stereocenters. The molecule has 85 valence electrons. The highest BCUT2D eigenvalue weighted by atomic mass is 32.2. The van der Waals surface area contributed by atoms with Crippen LogP contribution in [-0.4, -0.2) is 18.3 Å². The monoisotopic (exact) mass is 225 g/mol. The molecule has 0 fully saturated rings. The van der Waals surface area contributed by atoms with Crippen LogP contribution in [0.3, 0.4) is 0 Å². The molecule has 0 saturated carbocycles. The third-order valence-corrected chi connectivity index (χ3v) is 4.09. The second kappa shape index (κ2) is 8.29. The summed E-state index contributed by atoms with van der Waals surface area (Å²) >= 11 is 1.78. The highest BCUT2D eigenvalue weighted by Crippen LogP contribution is 2.30. The Morgan fingerprint density at radius 3 is 2.73 bits per heavy atom. The van der Waals surface area contributed by atoms with E-state index in [0.717, 1.165) is 4.80 Å². The third-order valence-electron chi connectivity index (χ3n) is 2.92. The first kappa shape index (κ1) is 13.2. The van der Waals surface area contributed by atoms with Crippen LogP contribution in [0.15, 0.2) is 10.9 Å². The lowest BCUT2D eigenvalue weighted by molar-refractivity contribution is 0.548. The molecule has 0 amide bonds. The number of thioether (sulfide) groups is 1. The summed E-state index contributed by atoms with van der Waals surface area (Å²) in [5.41, 5.74) is 0. The van der Waals surface area contributed by atoms with E-state index in [1.807, 2.05) is 0 Å². The molecule has 1 N–H and O–H groups in total. The van der Waals surface area contributed by atoms with Gasteiger partial charge in [-0.05, 0) is 17.1 Å². The van der Waals surface area contributed by atoms with Crippen molar-refractivity contribution in [3.8, 4) is 0 Å². The zero-order valence-electron chi connectivity index (χ0n) is 9.74. The Morgan fingerprint density at radius 1 is 1.33 bits per heavy atom. The van der Waals surface area contributed by atoms with E-state index in [4.69, 9.17) is 5.02 Å². The lowest BCUT2D eigenvalue weighted by Crippen LogP contribution is -1.95. The largest absolute Gasteiger partial charge is 0.449 e. The van der Waals surface area contributed by atoms with Crippen molar-refractivity contribution >= 4 is 19.2 Å². The van der Waals surface area contributed by atoms with Crippen molar-refractivity contribution in [1.82, 2.24) is 0 Å². The summed E-state index contributed by atoms with van der Waals surface area (Å²) in [6.45, 7) is 2.26. The molecule has 1 radical (unpaired) electrons. The van der Waals surface area contributed by atoms with E-state index in [2.05, 4.69) is 13.0 Å². The van der Waals surface area contributed by atoms with Crippen LogP contribution in [0.2, 0.25) is 0 Å². The van der Waals surface area contributed by atoms with Crippen molar-refractivity contribution in [3.63, 3.8) is 0 Å². The van der Waals surface area contributed by atoms with Gasteiger partial charge in [-0.3, -0.25) is 0 Å². The van der Waals surface area contributed by atoms with Crippen LogP contribution in [0.1, 0.15) is 51.9 Å². The maximum Gasteiger partial charge on any atom is 0.333 e. The lowest BCUT2D eigenvalue weighted by atomic mass is 9.95. The van der Waals surface area contributed by atoms with E-state index >= 15 is 0 Å². The van der Waals surface area contributed by atoms with Crippen molar-refractivity contribution in [2.75, 3.05) is 5.75 Å². The van der Waals surface area contributed by atoms with Gasteiger partial charge in [-0.2, -0.15) is 0 Å². The van der Waals surface area contributed by atoms with Gasteiger partial charge in [0.2, 0.25) is 0 Å². The average molecular weight is 225 g/mol. The lowest BCUT2D eigenvalue weighted by Gasteiger charge is -2.05. The summed E-state index contributed by atoms with van der Waals surface area (Å²) in [5.74, 6) is 1.88. The fourth-order valence-corrected chi connectivity index (χ4v) is 3.00. The van der Waals surface area contributed by atoms with Gasteiger partial charge in [0, 0.05) is 5.75 Å². The van der Waals surface area contributed by atoms with Crippen LogP contribution >= 0.6 is 11.8 Å². The second-order valence-electron chi connectivity index (χ2n) is 4.33. The Labute approximate surface area is 99.0 Å². The molecule has 0 spiro atoms. The summed E-state index contributed by atoms with van der Waals surface area (Å²) < 4.78 is 0. The molecular weight excluding hydrogens is 203 g/mol. The minimum Gasteiger partial charge on any atom is -0.449 e. The van der Waals surface area contributed by atoms with E-state index in [9.17, 15) is 0 Å². The van der Waals surface area contributed by atoms with Gasteiger partial charge in [0.15, 0.2) is 0 Å². The smallest absolute Gasteiger partial charge is 0.333 e. The predicted octanol–water partition coefficient (Wildman–Crippen LogP) is 3.55. The Kier molecular flexibility index (Phi) is 7.28. The highest BCUT2D eigenvalue weighted by molar-refractivity contribution is 8.04. The van der Waals surface area contributed by atoms with Crippen molar-refractivity contribution < 1.29 is 5.02 Å². The quantitative estimate of drug-likeness (QED) is 0.503. The molecule has 1 unspecified atom stereocenters. The van der Waals surface area contributed by atoms with E-state index in [1.54, 1.807) is 11.8 Å². The Bertz CT molecular complexity index is 194. The number of allylic oxidation sites excluding steroid dienone is 1. The summed E-state index contributed by atoms with van der Waals surface area (Å²) in [4.78, 5) is 1.06. The van der Waals surface area contributed by atoms with Crippen molar-refractivity contribution in [1.29, 1.82) is 0 Å². The van der Waals surface area contributed by atoms with Gasteiger partial charge in [-0.25, -0.2) is 0 Å².